The van der Waals surface area contributed by atoms with Gasteiger partial charge in [-0.3, -0.25) is 4.79 Å². The fraction of sp³-hybridized carbons (Fsp3) is 0.429. The van der Waals surface area contributed by atoms with E-state index in [0.29, 0.717) is 12.0 Å². The van der Waals surface area contributed by atoms with Gasteiger partial charge in [-0.15, -0.1) is 0 Å². The second-order valence-electron chi connectivity index (χ2n) is 3.94. The van der Waals surface area contributed by atoms with Crippen LogP contribution in [0.5, 0.6) is 0 Å². The summed E-state index contributed by atoms with van der Waals surface area (Å²) in [7, 11) is 0. The van der Waals surface area contributed by atoms with Crippen LogP contribution in [-0.2, 0) is 9.53 Å². The Bertz CT molecular complexity index is 400. The Morgan fingerprint density at radius 2 is 1.83 bits per heavy atom. The van der Waals surface area contributed by atoms with E-state index in [-0.39, 0.29) is 12.4 Å². The summed E-state index contributed by atoms with van der Waals surface area (Å²) in [4.78, 5) is 23.6. The Hall–Kier alpha value is -1.68. The molecule has 0 heterocycles. The maximum atomic E-state index is 12.2. The van der Waals surface area contributed by atoms with Gasteiger partial charge in [0.1, 0.15) is 0 Å². The van der Waals surface area contributed by atoms with Crippen molar-refractivity contribution in [3.8, 4) is 0 Å². The summed E-state index contributed by atoms with van der Waals surface area (Å²) in [5.74, 6) is -1.74. The first-order valence-electron chi connectivity index (χ1n) is 6.05. The summed E-state index contributed by atoms with van der Waals surface area (Å²) < 4.78 is 4.73. The van der Waals surface area contributed by atoms with Crippen LogP contribution in [0.2, 0.25) is 0 Å². The van der Waals surface area contributed by atoms with Gasteiger partial charge in [-0.2, -0.15) is 0 Å². The number of aliphatic hydroxyl groups excluding tert-OH is 1. The third kappa shape index (κ3) is 3.40. The molecule has 0 bridgehead atoms. The van der Waals surface area contributed by atoms with Gasteiger partial charge >= 0.3 is 5.97 Å². The SMILES string of the molecule is CCOC(=O)[C@@H](O)C(CC)C(=O)c1ccccc1. The molecule has 18 heavy (non-hydrogen) atoms. The van der Waals surface area contributed by atoms with Crippen LogP contribution in [0, 0.1) is 5.92 Å². The normalized spacial score (nSPS) is 13.7. The zero-order valence-corrected chi connectivity index (χ0v) is 10.6. The first-order valence-corrected chi connectivity index (χ1v) is 6.05. The zero-order chi connectivity index (χ0) is 13.5. The van der Waals surface area contributed by atoms with Gasteiger partial charge in [0.2, 0.25) is 0 Å². The molecule has 1 rings (SSSR count). The number of rotatable bonds is 6. The van der Waals surface area contributed by atoms with Gasteiger partial charge in [0.05, 0.1) is 12.5 Å². The second kappa shape index (κ2) is 6.91. The molecule has 0 saturated carbocycles. The van der Waals surface area contributed by atoms with Crippen LogP contribution in [0.15, 0.2) is 30.3 Å². The third-order valence-corrected chi connectivity index (χ3v) is 2.74. The van der Waals surface area contributed by atoms with Crippen molar-refractivity contribution in [3.63, 3.8) is 0 Å². The lowest BCUT2D eigenvalue weighted by atomic mass is 9.90. The molecular weight excluding hydrogens is 232 g/mol. The molecular formula is C14H18O4. The van der Waals surface area contributed by atoms with Crippen molar-refractivity contribution in [1.82, 2.24) is 0 Å². The average molecular weight is 250 g/mol. The predicted octanol–water partition coefficient (Wildman–Crippen LogP) is 1.82. The summed E-state index contributed by atoms with van der Waals surface area (Å²) in [5.41, 5.74) is 0.493. The van der Waals surface area contributed by atoms with Crippen molar-refractivity contribution in [2.45, 2.75) is 26.4 Å². The van der Waals surface area contributed by atoms with Crippen LogP contribution in [0.1, 0.15) is 30.6 Å². The largest absolute Gasteiger partial charge is 0.464 e. The second-order valence-corrected chi connectivity index (χ2v) is 3.94. The molecule has 1 N–H and O–H groups in total. The topological polar surface area (TPSA) is 63.6 Å². The van der Waals surface area contributed by atoms with E-state index in [9.17, 15) is 14.7 Å². The summed E-state index contributed by atoms with van der Waals surface area (Å²) in [6.07, 6.45) is -1.02. The minimum Gasteiger partial charge on any atom is -0.464 e. The Labute approximate surface area is 107 Å². The molecule has 1 aromatic carbocycles. The van der Waals surface area contributed by atoms with E-state index in [1.54, 1.807) is 44.2 Å². The van der Waals surface area contributed by atoms with Crippen LogP contribution < -0.4 is 0 Å². The van der Waals surface area contributed by atoms with E-state index in [0.717, 1.165) is 0 Å². The lowest BCUT2D eigenvalue weighted by molar-refractivity contribution is -0.155. The lowest BCUT2D eigenvalue weighted by Gasteiger charge is -2.18. The van der Waals surface area contributed by atoms with E-state index in [2.05, 4.69) is 0 Å². The fourth-order valence-corrected chi connectivity index (χ4v) is 1.76. The van der Waals surface area contributed by atoms with E-state index in [1.165, 1.54) is 0 Å². The maximum absolute atomic E-state index is 12.2. The molecule has 0 amide bonds. The summed E-state index contributed by atoms with van der Waals surface area (Å²) >= 11 is 0. The van der Waals surface area contributed by atoms with E-state index < -0.39 is 18.0 Å². The lowest BCUT2D eigenvalue weighted by Crippen LogP contribution is -2.36. The van der Waals surface area contributed by atoms with Crippen molar-refractivity contribution < 1.29 is 19.4 Å². The average Bonchev–Trinajstić information content (AvgIpc) is 2.40. The predicted molar refractivity (Wildman–Crippen MR) is 67.2 cm³/mol. The van der Waals surface area contributed by atoms with Gasteiger partial charge in [-0.25, -0.2) is 4.79 Å². The van der Waals surface area contributed by atoms with Crippen molar-refractivity contribution in [3.05, 3.63) is 35.9 Å². The minimum atomic E-state index is -1.40. The van der Waals surface area contributed by atoms with Gasteiger partial charge in [0.25, 0.3) is 0 Å². The van der Waals surface area contributed by atoms with Crippen molar-refractivity contribution >= 4 is 11.8 Å². The first kappa shape index (κ1) is 14.4. The molecule has 4 heteroatoms. The molecule has 0 aliphatic heterocycles. The molecule has 98 valence electrons. The molecule has 1 aromatic rings. The Kier molecular flexibility index (Phi) is 5.52. The number of hydrogen-bond donors (Lipinski definition) is 1. The Morgan fingerprint density at radius 1 is 1.22 bits per heavy atom. The summed E-state index contributed by atoms with van der Waals surface area (Å²) in [6.45, 7) is 3.60. The highest BCUT2D eigenvalue weighted by molar-refractivity contribution is 6.00. The highest BCUT2D eigenvalue weighted by Crippen LogP contribution is 2.17. The zero-order valence-electron chi connectivity index (χ0n) is 10.6. The molecule has 0 saturated heterocycles. The van der Waals surface area contributed by atoms with Crippen LogP contribution >= 0.6 is 0 Å². The monoisotopic (exact) mass is 250 g/mol. The van der Waals surface area contributed by atoms with Gasteiger partial charge in [-0.1, -0.05) is 37.3 Å². The summed E-state index contributed by atoms with van der Waals surface area (Å²) in [5, 5.41) is 9.84. The van der Waals surface area contributed by atoms with Crippen molar-refractivity contribution in [2.24, 2.45) is 5.92 Å². The molecule has 0 aliphatic rings. The number of carbonyl (C=O) groups excluding carboxylic acids is 2. The number of esters is 1. The highest BCUT2D eigenvalue weighted by Gasteiger charge is 2.32. The molecule has 0 spiro atoms. The quantitative estimate of drug-likeness (QED) is 0.618. The van der Waals surface area contributed by atoms with Gasteiger partial charge in [0.15, 0.2) is 11.9 Å². The number of ketones is 1. The molecule has 0 aromatic heterocycles. The van der Waals surface area contributed by atoms with E-state index in [4.69, 9.17) is 4.74 Å². The van der Waals surface area contributed by atoms with Crippen LogP contribution in [-0.4, -0.2) is 29.6 Å². The minimum absolute atomic E-state index is 0.186. The van der Waals surface area contributed by atoms with Crippen LogP contribution in [0.25, 0.3) is 0 Å². The Balaban J connectivity index is 2.83. The molecule has 4 nitrogen and oxygen atoms in total. The molecule has 0 fully saturated rings. The number of carbonyl (C=O) groups is 2. The first-order chi connectivity index (χ1) is 8.61. The standard InChI is InChI=1S/C14H18O4/c1-3-11(13(16)14(17)18-4-2)12(15)10-8-6-5-7-9-10/h5-9,11,13,16H,3-4H2,1-2H3/t11?,13-/m0/s1. The highest BCUT2D eigenvalue weighted by atomic mass is 16.5. The number of aliphatic hydroxyl groups is 1. The van der Waals surface area contributed by atoms with Crippen molar-refractivity contribution in [2.75, 3.05) is 6.61 Å². The van der Waals surface area contributed by atoms with Crippen LogP contribution in [0.3, 0.4) is 0 Å². The molecule has 1 unspecified atom stereocenters. The van der Waals surface area contributed by atoms with Gasteiger partial charge < -0.3 is 9.84 Å². The number of benzene rings is 1. The number of hydrogen-bond acceptors (Lipinski definition) is 4. The van der Waals surface area contributed by atoms with Gasteiger partial charge in [0, 0.05) is 5.56 Å². The number of ether oxygens (including phenoxy) is 1. The number of Topliss-reactive ketones (excluding diaryl/α,β-unsaturated/α-hetero) is 1. The fourth-order valence-electron chi connectivity index (χ4n) is 1.76. The molecule has 2 atom stereocenters. The van der Waals surface area contributed by atoms with Gasteiger partial charge in [-0.05, 0) is 13.3 Å². The Morgan fingerprint density at radius 3 is 2.33 bits per heavy atom. The van der Waals surface area contributed by atoms with Crippen molar-refractivity contribution in [1.29, 1.82) is 0 Å². The van der Waals surface area contributed by atoms with Crippen LogP contribution in [0.4, 0.5) is 0 Å². The maximum Gasteiger partial charge on any atom is 0.335 e. The molecule has 0 aliphatic carbocycles. The smallest absolute Gasteiger partial charge is 0.335 e. The molecule has 0 radical (unpaired) electrons. The third-order valence-electron chi connectivity index (χ3n) is 2.74. The van der Waals surface area contributed by atoms with E-state index in [1.807, 2.05) is 0 Å². The summed E-state index contributed by atoms with van der Waals surface area (Å²) in [6, 6.07) is 8.64. The van der Waals surface area contributed by atoms with E-state index >= 15 is 0 Å².